The number of aromatic nitrogens is 2. The quantitative estimate of drug-likeness (QED) is 0.533. The van der Waals surface area contributed by atoms with E-state index in [1.807, 2.05) is 0 Å². The fourth-order valence-corrected chi connectivity index (χ4v) is 3.80. The van der Waals surface area contributed by atoms with Crippen LogP contribution in [0.3, 0.4) is 0 Å². The summed E-state index contributed by atoms with van der Waals surface area (Å²) in [4.78, 5) is 43.5. The third kappa shape index (κ3) is 3.28. The smallest absolute Gasteiger partial charge is 0.431 e. The van der Waals surface area contributed by atoms with E-state index in [4.69, 9.17) is 25.9 Å². The average Bonchev–Trinajstić information content (AvgIpc) is 3.28. The fourth-order valence-electron chi connectivity index (χ4n) is 3.56. The Balaban J connectivity index is 1.84. The maximum Gasteiger partial charge on any atom is 0.431 e. The first-order chi connectivity index (χ1) is 15.0. The molecule has 4 rings (SSSR count). The molecule has 1 aromatic heterocycles. The summed E-state index contributed by atoms with van der Waals surface area (Å²) in [5.41, 5.74) is -6.94. The van der Waals surface area contributed by atoms with Crippen LogP contribution in [0, 0.1) is 5.82 Å². The molecule has 2 aliphatic heterocycles. The lowest BCUT2D eigenvalue weighted by Gasteiger charge is -2.22. The van der Waals surface area contributed by atoms with E-state index in [0.29, 0.717) is 0 Å². The summed E-state index contributed by atoms with van der Waals surface area (Å²) < 4.78 is 63.6. The highest BCUT2D eigenvalue weighted by atomic mass is 35.5. The molecule has 2 aromatic rings. The molecule has 0 bridgehead atoms. The van der Waals surface area contributed by atoms with E-state index in [2.05, 4.69) is 5.16 Å². The predicted octanol–water partition coefficient (Wildman–Crippen LogP) is 1.77. The van der Waals surface area contributed by atoms with Crippen molar-refractivity contribution in [2.45, 2.75) is 24.3 Å². The van der Waals surface area contributed by atoms with Gasteiger partial charge in [0.05, 0.1) is 24.4 Å². The van der Waals surface area contributed by atoms with Crippen molar-refractivity contribution in [3.05, 3.63) is 61.1 Å². The fraction of sp³-hybridized carbons (Fsp3) is 0.333. The van der Waals surface area contributed by atoms with Crippen LogP contribution in [-0.4, -0.2) is 46.7 Å². The van der Waals surface area contributed by atoms with Crippen molar-refractivity contribution in [3.8, 4) is 5.69 Å². The zero-order valence-corrected chi connectivity index (χ0v) is 16.7. The summed E-state index contributed by atoms with van der Waals surface area (Å²) in [6.45, 7) is 0.0997. The Morgan fingerprint density at radius 1 is 1.34 bits per heavy atom. The van der Waals surface area contributed by atoms with E-state index >= 15 is 0 Å². The highest BCUT2D eigenvalue weighted by Crippen LogP contribution is 2.40. The van der Waals surface area contributed by atoms with Crippen molar-refractivity contribution in [2.75, 3.05) is 13.7 Å². The minimum atomic E-state index is -4.99. The molecule has 14 heteroatoms. The van der Waals surface area contributed by atoms with Crippen LogP contribution in [0.1, 0.15) is 17.7 Å². The van der Waals surface area contributed by atoms with Crippen LogP contribution in [0.4, 0.5) is 17.6 Å². The van der Waals surface area contributed by atoms with Gasteiger partial charge < -0.3 is 19.3 Å². The van der Waals surface area contributed by atoms with Crippen molar-refractivity contribution in [1.82, 2.24) is 9.55 Å². The second-order valence-corrected chi connectivity index (χ2v) is 7.30. The summed E-state index contributed by atoms with van der Waals surface area (Å²) in [6.07, 6.45) is -5.98. The lowest BCUT2D eigenvalue weighted by atomic mass is 9.90. The van der Waals surface area contributed by atoms with Crippen LogP contribution >= 0.6 is 11.6 Å². The van der Waals surface area contributed by atoms with Gasteiger partial charge in [-0.05, 0) is 12.1 Å². The minimum Gasteiger partial charge on any atom is -0.466 e. The van der Waals surface area contributed by atoms with Gasteiger partial charge in [-0.15, -0.1) is 0 Å². The third-order valence-electron chi connectivity index (χ3n) is 5.06. The molecule has 0 spiro atoms. The van der Waals surface area contributed by atoms with Gasteiger partial charge in [0.1, 0.15) is 17.2 Å². The Bertz CT molecular complexity index is 1240. The zero-order chi connectivity index (χ0) is 23.4. The summed E-state index contributed by atoms with van der Waals surface area (Å²) in [6, 6.07) is 1.79. The van der Waals surface area contributed by atoms with Gasteiger partial charge in [-0.2, -0.15) is 13.2 Å². The monoisotopic (exact) mass is 477 g/mol. The number of alkyl halides is 3. The number of oxime groups is 1. The molecule has 170 valence electrons. The highest BCUT2D eigenvalue weighted by molar-refractivity contribution is 6.35. The Kier molecular flexibility index (Phi) is 5.12. The number of hydrogen-bond donors (Lipinski definition) is 1. The first-order valence-electron chi connectivity index (χ1n) is 8.89. The van der Waals surface area contributed by atoms with E-state index in [1.165, 1.54) is 4.98 Å². The topological polar surface area (TPSA) is 112 Å². The lowest BCUT2D eigenvalue weighted by Crippen LogP contribution is -2.48. The molecule has 9 nitrogen and oxygen atoms in total. The van der Waals surface area contributed by atoms with Crippen molar-refractivity contribution < 1.29 is 36.7 Å². The number of H-pyrrole nitrogens is 1. The molecule has 0 radical (unpaired) electrons. The van der Waals surface area contributed by atoms with Crippen molar-refractivity contribution in [2.24, 2.45) is 5.16 Å². The van der Waals surface area contributed by atoms with Crippen LogP contribution in [0.2, 0.25) is 5.02 Å². The average molecular weight is 478 g/mol. The Hall–Kier alpha value is -3.19. The molecule has 0 aliphatic carbocycles. The van der Waals surface area contributed by atoms with Crippen LogP contribution < -0.4 is 11.2 Å². The van der Waals surface area contributed by atoms with Gasteiger partial charge in [-0.1, -0.05) is 16.8 Å². The number of carbonyl (C=O) groups is 1. The van der Waals surface area contributed by atoms with E-state index in [0.717, 1.165) is 19.2 Å². The lowest BCUT2D eigenvalue weighted by molar-refractivity contribution is -0.169. The second kappa shape index (κ2) is 7.45. The number of aromatic amines is 1. The van der Waals surface area contributed by atoms with E-state index < -0.39 is 52.3 Å². The Morgan fingerprint density at radius 3 is 2.69 bits per heavy atom. The van der Waals surface area contributed by atoms with Crippen LogP contribution in [0.5, 0.6) is 0 Å². The van der Waals surface area contributed by atoms with Crippen molar-refractivity contribution in [3.63, 3.8) is 0 Å². The number of carbonyl (C=O) groups excluding carboxylic acids is 1. The number of esters is 1. The highest BCUT2D eigenvalue weighted by Gasteiger charge is 2.61. The van der Waals surface area contributed by atoms with Crippen LogP contribution in [-0.2, 0) is 25.3 Å². The molecule has 2 atom stereocenters. The number of methoxy groups -OCH3 is 1. The molecule has 1 N–H and O–H groups in total. The van der Waals surface area contributed by atoms with E-state index in [-0.39, 0.29) is 40.0 Å². The minimum absolute atomic E-state index is 0.0458. The number of benzene rings is 1. The SMILES string of the molecule is COC(=O)C12CCOC1C(c1cc(-n3c(=O)cc(C(F)(F)F)[nH]c3=O)c(F)cc1Cl)=NO2. The normalized spacial score (nSPS) is 22.3. The van der Waals surface area contributed by atoms with Crippen LogP contribution in [0.15, 0.2) is 32.9 Å². The molecule has 2 unspecified atom stereocenters. The van der Waals surface area contributed by atoms with E-state index in [9.17, 15) is 31.9 Å². The largest absolute Gasteiger partial charge is 0.466 e. The molecule has 1 aromatic carbocycles. The van der Waals surface area contributed by atoms with Crippen molar-refractivity contribution >= 4 is 23.3 Å². The van der Waals surface area contributed by atoms with Gasteiger partial charge in [-0.3, -0.25) is 4.79 Å². The first-order valence-corrected chi connectivity index (χ1v) is 9.27. The summed E-state index contributed by atoms with van der Waals surface area (Å²) in [5, 5.41) is 3.58. The van der Waals surface area contributed by atoms with Crippen molar-refractivity contribution in [1.29, 1.82) is 0 Å². The van der Waals surface area contributed by atoms with E-state index in [1.54, 1.807) is 0 Å². The number of hydrogen-bond acceptors (Lipinski definition) is 7. The van der Waals surface area contributed by atoms with Gasteiger partial charge in [-0.25, -0.2) is 18.5 Å². The summed E-state index contributed by atoms with van der Waals surface area (Å²) in [7, 11) is 1.14. The molecule has 2 aliphatic rings. The molecular formula is C18H12ClF4N3O6. The number of rotatable bonds is 3. The van der Waals surface area contributed by atoms with Gasteiger partial charge >= 0.3 is 17.8 Å². The van der Waals surface area contributed by atoms with Gasteiger partial charge in [0.25, 0.3) is 11.2 Å². The molecule has 0 saturated carbocycles. The second-order valence-electron chi connectivity index (χ2n) is 6.89. The zero-order valence-electron chi connectivity index (χ0n) is 16.0. The molecular weight excluding hydrogens is 466 g/mol. The van der Waals surface area contributed by atoms with Gasteiger partial charge in [0.2, 0.25) is 0 Å². The third-order valence-corrected chi connectivity index (χ3v) is 5.37. The molecule has 1 saturated heterocycles. The summed E-state index contributed by atoms with van der Waals surface area (Å²) in [5.74, 6) is -1.94. The Labute approximate surface area is 180 Å². The number of nitrogens with one attached hydrogen (secondary N) is 1. The maximum absolute atomic E-state index is 14.6. The molecule has 0 amide bonds. The molecule has 32 heavy (non-hydrogen) atoms. The number of ether oxygens (including phenoxy) is 2. The van der Waals surface area contributed by atoms with Gasteiger partial charge in [0, 0.05) is 18.1 Å². The van der Waals surface area contributed by atoms with Crippen LogP contribution in [0.25, 0.3) is 5.69 Å². The first kappa shape index (κ1) is 22.0. The molecule has 1 fully saturated rings. The Morgan fingerprint density at radius 2 is 2.06 bits per heavy atom. The van der Waals surface area contributed by atoms with Gasteiger partial charge in [0.15, 0.2) is 6.10 Å². The standard InChI is InChI=1S/C18H12ClF4N3O6/c1-30-15(28)17-2-3-31-14(17)13(25-32-17)7-4-10(9(20)5-8(7)19)26-12(27)6-11(18(21,22)23)24-16(26)29/h4-6,14H,2-3H2,1H3,(H,24,29). The predicted molar refractivity (Wildman–Crippen MR) is 99.4 cm³/mol. The number of halogens is 5. The number of fused-ring (bicyclic) bond motifs is 1. The molecule has 3 heterocycles. The number of nitrogens with zero attached hydrogens (tertiary/aromatic N) is 2. The maximum atomic E-state index is 14.6. The summed E-state index contributed by atoms with van der Waals surface area (Å²) >= 11 is 6.11.